The van der Waals surface area contributed by atoms with Crippen molar-refractivity contribution in [3.05, 3.63) is 95.8 Å². The van der Waals surface area contributed by atoms with Crippen LogP contribution >= 0.6 is 0 Å². The summed E-state index contributed by atoms with van der Waals surface area (Å²) in [6.07, 6.45) is 3.44. The molecule has 3 atom stereocenters. The third-order valence-corrected chi connectivity index (χ3v) is 8.89. The number of hydrogen-bond donors (Lipinski definition) is 1. The zero-order valence-corrected chi connectivity index (χ0v) is 20.3. The monoisotopic (exact) mass is 487 g/mol. The van der Waals surface area contributed by atoms with Crippen molar-refractivity contribution in [1.29, 1.82) is 0 Å². The van der Waals surface area contributed by atoms with E-state index < -0.39 is 10.0 Å². The first-order valence-corrected chi connectivity index (χ1v) is 13.5. The van der Waals surface area contributed by atoms with Crippen molar-refractivity contribution in [3.8, 4) is 11.8 Å². The molecule has 0 spiro atoms. The molecule has 2 aliphatic heterocycles. The van der Waals surface area contributed by atoms with Gasteiger partial charge in [0.05, 0.1) is 11.5 Å². The Morgan fingerprint density at radius 2 is 1.66 bits per heavy atom. The van der Waals surface area contributed by atoms with Crippen LogP contribution in [0.1, 0.15) is 35.6 Å². The quantitative estimate of drug-likeness (QED) is 0.573. The van der Waals surface area contributed by atoms with Crippen molar-refractivity contribution < 1.29 is 13.5 Å². The lowest BCUT2D eigenvalue weighted by Crippen LogP contribution is -2.67. The van der Waals surface area contributed by atoms with E-state index in [1.54, 1.807) is 34.8 Å². The highest BCUT2D eigenvalue weighted by Crippen LogP contribution is 2.42. The van der Waals surface area contributed by atoms with Gasteiger partial charge in [0.15, 0.2) is 0 Å². The van der Waals surface area contributed by atoms with E-state index in [2.05, 4.69) is 33.9 Å². The molecule has 0 bridgehead atoms. The van der Waals surface area contributed by atoms with Gasteiger partial charge in [0.1, 0.15) is 5.69 Å². The van der Waals surface area contributed by atoms with Gasteiger partial charge in [0.25, 0.3) is 0 Å². The molecule has 180 valence electrons. The molecule has 0 aliphatic carbocycles. The minimum Gasteiger partial charge on any atom is -0.395 e. The number of hydrogen-bond acceptors (Lipinski definition) is 5. The molecule has 2 fully saturated rings. The van der Waals surface area contributed by atoms with Crippen LogP contribution in [0.15, 0.2) is 83.9 Å². The number of rotatable bonds is 4. The van der Waals surface area contributed by atoms with Crippen LogP contribution in [-0.4, -0.2) is 66.0 Å². The minimum atomic E-state index is -3.57. The Balaban J connectivity index is 1.38. The molecule has 3 aromatic rings. The molecule has 3 heterocycles. The largest absolute Gasteiger partial charge is 0.395 e. The Morgan fingerprint density at radius 1 is 0.914 bits per heavy atom. The second kappa shape index (κ2) is 10.3. The molecular formula is C28H29N3O3S. The first-order chi connectivity index (χ1) is 17.1. The number of benzene rings is 2. The van der Waals surface area contributed by atoms with Crippen LogP contribution in [-0.2, 0) is 10.0 Å². The molecule has 0 saturated carbocycles. The first kappa shape index (κ1) is 23.7. The number of nitrogens with zero attached hydrogens (tertiary/aromatic N) is 3. The van der Waals surface area contributed by atoms with Crippen molar-refractivity contribution in [2.75, 3.05) is 26.2 Å². The van der Waals surface area contributed by atoms with Gasteiger partial charge in [-0.25, -0.2) is 13.4 Å². The highest BCUT2D eigenvalue weighted by molar-refractivity contribution is 7.89. The fourth-order valence-corrected chi connectivity index (χ4v) is 6.75. The highest BCUT2D eigenvalue weighted by Gasteiger charge is 2.50. The van der Waals surface area contributed by atoms with Crippen LogP contribution in [0, 0.1) is 11.8 Å². The van der Waals surface area contributed by atoms with E-state index in [0.717, 1.165) is 36.2 Å². The van der Waals surface area contributed by atoms with Crippen molar-refractivity contribution >= 4 is 10.0 Å². The zero-order chi connectivity index (χ0) is 24.3. The van der Waals surface area contributed by atoms with E-state index in [0.29, 0.717) is 18.0 Å². The summed E-state index contributed by atoms with van der Waals surface area (Å²) in [5, 5.41) is 10.2. The summed E-state index contributed by atoms with van der Waals surface area (Å²) in [6, 6.07) is 22.4. The number of aliphatic hydroxyl groups is 1. The van der Waals surface area contributed by atoms with Gasteiger partial charge in [-0.15, -0.1) is 0 Å². The molecule has 2 aromatic carbocycles. The molecular weight excluding hydrogens is 458 g/mol. The van der Waals surface area contributed by atoms with E-state index in [-0.39, 0.29) is 24.6 Å². The predicted octanol–water partition coefficient (Wildman–Crippen LogP) is 3.09. The summed E-state index contributed by atoms with van der Waals surface area (Å²) in [5.41, 5.74) is 2.72. The fraction of sp³-hybridized carbons (Fsp3) is 0.321. The molecule has 7 heteroatoms. The second-order valence-electron chi connectivity index (χ2n) is 9.05. The number of pyridine rings is 1. The number of aromatic nitrogens is 1. The third-order valence-electron chi connectivity index (χ3n) is 7.01. The zero-order valence-electron chi connectivity index (χ0n) is 19.5. The predicted molar refractivity (Wildman–Crippen MR) is 135 cm³/mol. The Hall–Kier alpha value is -3.02. The van der Waals surface area contributed by atoms with Crippen molar-refractivity contribution in [2.24, 2.45) is 0 Å². The molecule has 6 nitrogen and oxygen atoms in total. The van der Waals surface area contributed by atoms with E-state index in [9.17, 15) is 13.5 Å². The van der Waals surface area contributed by atoms with Crippen molar-refractivity contribution in [1.82, 2.24) is 14.2 Å². The summed E-state index contributed by atoms with van der Waals surface area (Å²) in [7, 11) is -3.57. The van der Waals surface area contributed by atoms with Gasteiger partial charge in [0.2, 0.25) is 10.0 Å². The fourth-order valence-electron chi connectivity index (χ4n) is 5.23. The van der Waals surface area contributed by atoms with Gasteiger partial charge >= 0.3 is 0 Å². The summed E-state index contributed by atoms with van der Waals surface area (Å²) in [4.78, 5) is 6.85. The number of fused-ring (bicyclic) bond motifs is 1. The molecule has 0 unspecified atom stereocenters. The van der Waals surface area contributed by atoms with E-state index >= 15 is 0 Å². The molecule has 5 rings (SSSR count). The van der Waals surface area contributed by atoms with Gasteiger partial charge in [0, 0.05) is 42.9 Å². The van der Waals surface area contributed by atoms with Gasteiger partial charge in [-0.3, -0.25) is 4.90 Å². The van der Waals surface area contributed by atoms with Crippen molar-refractivity contribution in [3.63, 3.8) is 0 Å². The normalized spacial score (nSPS) is 23.2. The Morgan fingerprint density at radius 3 is 2.37 bits per heavy atom. The average Bonchev–Trinajstić information content (AvgIpc) is 2.88. The summed E-state index contributed by atoms with van der Waals surface area (Å²) in [6.45, 7) is 1.85. The number of aliphatic hydroxyl groups excluding tert-OH is 1. The molecule has 2 saturated heterocycles. The Labute approximate surface area is 207 Å². The smallest absolute Gasteiger partial charge is 0.243 e. The molecule has 0 amide bonds. The van der Waals surface area contributed by atoms with Gasteiger partial charge in [-0.2, -0.15) is 4.31 Å². The summed E-state index contributed by atoms with van der Waals surface area (Å²) >= 11 is 0. The van der Waals surface area contributed by atoms with Crippen molar-refractivity contribution in [2.45, 2.75) is 35.7 Å². The Bertz CT molecular complexity index is 1300. The van der Waals surface area contributed by atoms with Crippen LogP contribution in [0.5, 0.6) is 0 Å². The van der Waals surface area contributed by atoms with E-state index in [1.165, 1.54) is 0 Å². The lowest BCUT2D eigenvalue weighted by atomic mass is 9.74. The standard InChI is InChI=1S/C28H29N3O3S/c32-21-27-28(23-14-11-22(12-15-23)13-16-24-8-4-5-17-29-24)26-20-30(18-6-7-19-31(26)27)35(33,34)25-9-2-1-3-10-25/h1-5,8-12,14-15,17,26-28,32H,6-7,18-21H2/t26-,27-,28-/m1/s1. The maximum absolute atomic E-state index is 13.4. The van der Waals surface area contributed by atoms with E-state index in [1.807, 2.05) is 36.4 Å². The molecule has 2 aliphatic rings. The molecule has 1 N–H and O–H groups in total. The second-order valence-corrected chi connectivity index (χ2v) is 11.0. The topological polar surface area (TPSA) is 73.7 Å². The Kier molecular flexibility index (Phi) is 6.98. The molecule has 0 radical (unpaired) electrons. The van der Waals surface area contributed by atoms with Gasteiger partial charge in [-0.05, 0) is 67.3 Å². The van der Waals surface area contributed by atoms with Crippen LogP contribution < -0.4 is 0 Å². The first-order valence-electron chi connectivity index (χ1n) is 12.0. The van der Waals surface area contributed by atoms with E-state index in [4.69, 9.17) is 0 Å². The van der Waals surface area contributed by atoms with Crippen LogP contribution in [0.25, 0.3) is 0 Å². The van der Waals surface area contributed by atoms with Gasteiger partial charge in [-0.1, -0.05) is 42.3 Å². The average molecular weight is 488 g/mol. The van der Waals surface area contributed by atoms with Crippen LogP contribution in [0.4, 0.5) is 0 Å². The summed E-state index contributed by atoms with van der Waals surface area (Å²) < 4.78 is 28.4. The lowest BCUT2D eigenvalue weighted by Gasteiger charge is -2.57. The van der Waals surface area contributed by atoms with Crippen LogP contribution in [0.3, 0.4) is 0 Å². The summed E-state index contributed by atoms with van der Waals surface area (Å²) in [5.74, 6) is 6.28. The maximum Gasteiger partial charge on any atom is 0.243 e. The van der Waals surface area contributed by atoms with Gasteiger partial charge < -0.3 is 5.11 Å². The molecule has 35 heavy (non-hydrogen) atoms. The lowest BCUT2D eigenvalue weighted by molar-refractivity contribution is -0.0553. The molecule has 1 aromatic heterocycles. The third kappa shape index (κ3) is 4.89. The SMILES string of the molecule is O=S(=O)(c1ccccc1)N1CCCCN2[C@H](CO)[C@H](c3ccc(C#Cc4ccccn4)cc3)[C@H]2C1. The maximum atomic E-state index is 13.4. The number of sulfonamides is 1. The highest BCUT2D eigenvalue weighted by atomic mass is 32.2. The minimum absolute atomic E-state index is 0.00941. The van der Waals surface area contributed by atoms with Crippen LogP contribution in [0.2, 0.25) is 0 Å².